The lowest BCUT2D eigenvalue weighted by Crippen LogP contribution is -2.27. The molecule has 1 atom stereocenters. The second kappa shape index (κ2) is 12.7. The van der Waals surface area contributed by atoms with Crippen molar-refractivity contribution in [1.29, 1.82) is 0 Å². The summed E-state index contributed by atoms with van der Waals surface area (Å²) in [4.78, 5) is 33.1. The molecule has 9 heteroatoms. The molecule has 0 aliphatic carbocycles. The molecule has 1 aromatic carbocycles. The van der Waals surface area contributed by atoms with Gasteiger partial charge in [0, 0.05) is 37.9 Å². The lowest BCUT2D eigenvalue weighted by Gasteiger charge is -2.27. The van der Waals surface area contributed by atoms with Crippen molar-refractivity contribution in [1.82, 2.24) is 39.5 Å². The topological polar surface area (TPSA) is 102 Å². The van der Waals surface area contributed by atoms with Gasteiger partial charge in [0.2, 0.25) is 0 Å². The standard InChI is InChI=1S/C27H40N8O/c1-4-14-33(15-5-2)16-6-7-17-35-27(36)23-9-8-22(18-24(23)32-35)19-34(20-25-28-10-11-29-25)21(3)26-30-12-13-31-26/h8-13,18,21,32H,4-7,14-17,19-20H2,1-3H3,(H,28,29)(H,30,31). The molecule has 3 aromatic heterocycles. The van der Waals surface area contributed by atoms with Crippen LogP contribution in [0.15, 0.2) is 47.8 Å². The summed E-state index contributed by atoms with van der Waals surface area (Å²) >= 11 is 0. The number of hydrogen-bond acceptors (Lipinski definition) is 5. The molecule has 9 nitrogen and oxygen atoms in total. The predicted molar refractivity (Wildman–Crippen MR) is 144 cm³/mol. The fraction of sp³-hybridized carbons (Fsp3) is 0.519. The van der Waals surface area contributed by atoms with E-state index in [0.29, 0.717) is 13.1 Å². The summed E-state index contributed by atoms with van der Waals surface area (Å²) in [5.74, 6) is 1.82. The number of nitrogens with zero attached hydrogens (tertiary/aromatic N) is 5. The highest BCUT2D eigenvalue weighted by Crippen LogP contribution is 2.22. The molecule has 0 fully saturated rings. The van der Waals surface area contributed by atoms with Gasteiger partial charge in [0.05, 0.1) is 23.5 Å². The molecule has 0 radical (unpaired) electrons. The van der Waals surface area contributed by atoms with E-state index < -0.39 is 0 Å². The zero-order chi connectivity index (χ0) is 25.3. The molecule has 3 heterocycles. The zero-order valence-corrected chi connectivity index (χ0v) is 21.8. The minimum Gasteiger partial charge on any atom is -0.348 e. The van der Waals surface area contributed by atoms with Crippen LogP contribution in [0.1, 0.15) is 69.7 Å². The van der Waals surface area contributed by atoms with Gasteiger partial charge in [-0.1, -0.05) is 19.9 Å². The third kappa shape index (κ3) is 6.53. The van der Waals surface area contributed by atoms with Crippen molar-refractivity contribution in [3.63, 3.8) is 0 Å². The Hall–Kier alpha value is -3.17. The average molecular weight is 493 g/mol. The highest BCUT2D eigenvalue weighted by atomic mass is 16.1. The Balaban J connectivity index is 1.43. The van der Waals surface area contributed by atoms with E-state index in [1.165, 1.54) is 12.8 Å². The van der Waals surface area contributed by atoms with Gasteiger partial charge in [0.1, 0.15) is 11.6 Å². The Morgan fingerprint density at radius 2 is 1.75 bits per heavy atom. The number of H-pyrrole nitrogens is 3. The Morgan fingerprint density at radius 1 is 0.972 bits per heavy atom. The van der Waals surface area contributed by atoms with Crippen LogP contribution in [0.5, 0.6) is 0 Å². The number of hydrogen-bond donors (Lipinski definition) is 3. The predicted octanol–water partition coefficient (Wildman–Crippen LogP) is 4.44. The number of benzene rings is 1. The van der Waals surface area contributed by atoms with Crippen LogP contribution >= 0.6 is 0 Å². The SMILES string of the molecule is CCCN(CCC)CCCCn1[nH]c2cc(CN(Cc3ncc[nH]3)C(C)c3ncc[nH]3)ccc2c1=O. The highest BCUT2D eigenvalue weighted by Gasteiger charge is 2.20. The van der Waals surface area contributed by atoms with Gasteiger partial charge in [-0.05, 0) is 69.9 Å². The van der Waals surface area contributed by atoms with E-state index in [4.69, 9.17) is 0 Å². The van der Waals surface area contributed by atoms with Crippen LogP contribution in [0.4, 0.5) is 0 Å². The lowest BCUT2D eigenvalue weighted by molar-refractivity contribution is 0.181. The number of imidazole rings is 2. The summed E-state index contributed by atoms with van der Waals surface area (Å²) in [5, 5.41) is 4.10. The van der Waals surface area contributed by atoms with Crippen LogP contribution in [0, 0.1) is 0 Å². The van der Waals surface area contributed by atoms with Gasteiger partial charge in [0.25, 0.3) is 5.56 Å². The molecule has 194 valence electrons. The van der Waals surface area contributed by atoms with Gasteiger partial charge in [-0.3, -0.25) is 19.5 Å². The molecule has 4 rings (SSSR count). The van der Waals surface area contributed by atoms with Gasteiger partial charge < -0.3 is 14.9 Å². The number of nitrogens with one attached hydrogen (secondary N) is 3. The minimum atomic E-state index is 0.0620. The fourth-order valence-corrected chi connectivity index (χ4v) is 4.86. The molecule has 4 aromatic rings. The van der Waals surface area contributed by atoms with Gasteiger partial charge >= 0.3 is 0 Å². The fourth-order valence-electron chi connectivity index (χ4n) is 4.86. The molecular weight excluding hydrogens is 452 g/mol. The van der Waals surface area contributed by atoms with Crippen molar-refractivity contribution in [3.8, 4) is 0 Å². The Kier molecular flexibility index (Phi) is 9.13. The molecule has 36 heavy (non-hydrogen) atoms. The maximum atomic E-state index is 13.0. The summed E-state index contributed by atoms with van der Waals surface area (Å²) in [6.07, 6.45) is 11.7. The number of unbranched alkanes of at least 4 members (excludes halogenated alkanes) is 1. The quantitative estimate of drug-likeness (QED) is 0.213. The third-order valence-corrected chi connectivity index (χ3v) is 6.76. The minimum absolute atomic E-state index is 0.0620. The lowest BCUT2D eigenvalue weighted by atomic mass is 10.1. The summed E-state index contributed by atoms with van der Waals surface area (Å²) in [6.45, 7) is 12.1. The molecular formula is C27H40N8O. The Labute approximate surface area is 212 Å². The molecule has 0 saturated heterocycles. The van der Waals surface area contributed by atoms with Crippen LogP contribution in [0.25, 0.3) is 10.9 Å². The van der Waals surface area contributed by atoms with Crippen LogP contribution < -0.4 is 5.56 Å². The van der Waals surface area contributed by atoms with E-state index in [1.54, 1.807) is 17.1 Å². The molecule has 0 aliphatic rings. The van der Waals surface area contributed by atoms with E-state index in [1.807, 2.05) is 18.5 Å². The van der Waals surface area contributed by atoms with E-state index in [2.05, 4.69) is 67.7 Å². The van der Waals surface area contributed by atoms with Gasteiger partial charge in [-0.25, -0.2) is 9.97 Å². The van der Waals surface area contributed by atoms with E-state index in [-0.39, 0.29) is 11.6 Å². The van der Waals surface area contributed by atoms with Crippen molar-refractivity contribution >= 4 is 10.9 Å². The first kappa shape index (κ1) is 25.9. The van der Waals surface area contributed by atoms with Crippen molar-refractivity contribution in [2.45, 2.75) is 72.1 Å². The normalized spacial score (nSPS) is 12.8. The first-order valence-electron chi connectivity index (χ1n) is 13.2. The van der Waals surface area contributed by atoms with Gasteiger partial charge in [-0.15, -0.1) is 0 Å². The molecule has 0 spiro atoms. The third-order valence-electron chi connectivity index (χ3n) is 6.76. The second-order valence-electron chi connectivity index (χ2n) is 9.59. The maximum Gasteiger partial charge on any atom is 0.274 e. The number of aromatic amines is 3. The van der Waals surface area contributed by atoms with Crippen molar-refractivity contribution < 1.29 is 0 Å². The maximum absolute atomic E-state index is 13.0. The van der Waals surface area contributed by atoms with Crippen LogP contribution in [0.3, 0.4) is 0 Å². The monoisotopic (exact) mass is 492 g/mol. The summed E-state index contributed by atoms with van der Waals surface area (Å²) in [5.41, 5.74) is 2.09. The summed E-state index contributed by atoms with van der Waals surface area (Å²) in [6, 6.07) is 6.18. The average Bonchev–Trinajstić information content (AvgIpc) is 3.64. The number of rotatable bonds is 15. The first-order valence-corrected chi connectivity index (χ1v) is 13.2. The van der Waals surface area contributed by atoms with Crippen LogP contribution in [0.2, 0.25) is 0 Å². The number of aromatic nitrogens is 6. The number of aryl methyl sites for hydroxylation is 1. The zero-order valence-electron chi connectivity index (χ0n) is 21.8. The molecule has 0 saturated carbocycles. The van der Waals surface area contributed by atoms with Crippen LogP contribution in [-0.4, -0.2) is 59.2 Å². The summed E-state index contributed by atoms with van der Waals surface area (Å²) in [7, 11) is 0. The molecule has 3 N–H and O–H groups in total. The largest absolute Gasteiger partial charge is 0.348 e. The smallest absolute Gasteiger partial charge is 0.274 e. The molecule has 0 amide bonds. The highest BCUT2D eigenvalue weighted by molar-refractivity contribution is 5.78. The van der Waals surface area contributed by atoms with Crippen molar-refractivity contribution in [2.75, 3.05) is 19.6 Å². The van der Waals surface area contributed by atoms with Gasteiger partial charge in [-0.2, -0.15) is 0 Å². The second-order valence-corrected chi connectivity index (χ2v) is 9.59. The Bertz CT molecular complexity index is 1220. The van der Waals surface area contributed by atoms with Gasteiger partial charge in [0.15, 0.2) is 0 Å². The molecule has 0 aliphatic heterocycles. The molecule has 1 unspecified atom stereocenters. The van der Waals surface area contributed by atoms with E-state index in [9.17, 15) is 4.79 Å². The summed E-state index contributed by atoms with van der Waals surface area (Å²) < 4.78 is 1.77. The Morgan fingerprint density at radius 3 is 2.44 bits per heavy atom. The van der Waals surface area contributed by atoms with Crippen molar-refractivity contribution in [2.24, 2.45) is 0 Å². The van der Waals surface area contributed by atoms with E-state index >= 15 is 0 Å². The number of fused-ring (bicyclic) bond motifs is 1. The van der Waals surface area contributed by atoms with Crippen molar-refractivity contribution in [3.05, 3.63) is 70.6 Å². The first-order chi connectivity index (χ1) is 17.6. The van der Waals surface area contributed by atoms with E-state index in [0.717, 1.165) is 67.1 Å². The molecule has 0 bridgehead atoms. The van der Waals surface area contributed by atoms with Crippen LogP contribution in [-0.2, 0) is 19.6 Å².